The van der Waals surface area contributed by atoms with Crippen LogP contribution in [-0.2, 0) is 18.4 Å². The van der Waals surface area contributed by atoms with Crippen molar-refractivity contribution in [1.82, 2.24) is 5.32 Å². The van der Waals surface area contributed by atoms with Crippen molar-refractivity contribution < 1.29 is 38.0 Å². The minimum Gasteiger partial charge on any atom is -0.756 e. The van der Waals surface area contributed by atoms with Crippen LogP contribution < -0.4 is 10.2 Å². The van der Waals surface area contributed by atoms with E-state index in [-0.39, 0.29) is 18.9 Å². The molecule has 1 amide bonds. The lowest BCUT2D eigenvalue weighted by Gasteiger charge is -2.31. The molecule has 316 valence electrons. The number of aliphatic hydroxyl groups excluding tert-OH is 2. The molecule has 9 nitrogen and oxygen atoms in total. The van der Waals surface area contributed by atoms with Gasteiger partial charge >= 0.3 is 0 Å². The standard InChI is InChI=1S/C44H83N2O7P/c1-6-8-10-12-14-16-18-20-21-22-23-24-25-27-29-31-33-35-37-43(48)45-41(40-53-54(50,51)52-39-38-46(3,4)5)44(49)42(47)36-34-32-30-28-26-19-17-15-13-11-9-7-2/h7,9,15,17,21-22,28,30,41-42,44,47,49H,6,8,10-14,16,18-20,23-27,29,31-40H2,1-5H3,(H-,45,48,50,51)/b9-7+,17-15+,22-21-,30-28+. The summed E-state index contributed by atoms with van der Waals surface area (Å²) in [4.78, 5) is 25.3. The number of hydrogen-bond donors (Lipinski definition) is 3. The minimum absolute atomic E-state index is 0.0523. The van der Waals surface area contributed by atoms with Crippen molar-refractivity contribution in [1.29, 1.82) is 0 Å². The van der Waals surface area contributed by atoms with Crippen molar-refractivity contribution in [2.75, 3.05) is 40.9 Å². The Morgan fingerprint density at radius 1 is 0.685 bits per heavy atom. The van der Waals surface area contributed by atoms with Crippen LogP contribution in [0.5, 0.6) is 0 Å². The SMILES string of the molecule is C/C=C/CC/C=C/CC/C=C/CCCC(O)C(O)C(COP(=O)([O-])OCC[N+](C)(C)C)NC(=O)CCCCCCCCC/C=C\CCCCCCCCC. The Bertz CT molecular complexity index is 1040. The molecule has 0 aromatic carbocycles. The molecule has 0 bridgehead atoms. The van der Waals surface area contributed by atoms with Gasteiger partial charge in [0.2, 0.25) is 5.91 Å². The summed E-state index contributed by atoms with van der Waals surface area (Å²) in [6.45, 7) is 4.17. The summed E-state index contributed by atoms with van der Waals surface area (Å²) < 4.78 is 23.1. The van der Waals surface area contributed by atoms with Gasteiger partial charge in [-0.3, -0.25) is 9.36 Å². The Labute approximate surface area is 332 Å². The second-order valence-electron chi connectivity index (χ2n) is 15.8. The van der Waals surface area contributed by atoms with Gasteiger partial charge in [0.25, 0.3) is 7.82 Å². The van der Waals surface area contributed by atoms with Crippen molar-refractivity contribution in [2.24, 2.45) is 0 Å². The highest BCUT2D eigenvalue weighted by Crippen LogP contribution is 2.38. The number of phosphoric ester groups is 1. The van der Waals surface area contributed by atoms with E-state index in [0.717, 1.165) is 57.8 Å². The van der Waals surface area contributed by atoms with E-state index in [1.165, 1.54) is 70.6 Å². The average molecular weight is 783 g/mol. The number of phosphoric acid groups is 1. The van der Waals surface area contributed by atoms with Crippen molar-refractivity contribution >= 4 is 13.7 Å². The Balaban J connectivity index is 4.55. The van der Waals surface area contributed by atoms with Crippen LogP contribution >= 0.6 is 7.82 Å². The number of rotatable bonds is 38. The molecule has 4 unspecified atom stereocenters. The lowest BCUT2D eigenvalue weighted by Crippen LogP contribution is -2.51. The van der Waals surface area contributed by atoms with E-state index in [4.69, 9.17) is 9.05 Å². The Morgan fingerprint density at radius 3 is 1.67 bits per heavy atom. The zero-order chi connectivity index (χ0) is 40.2. The molecule has 0 saturated carbocycles. The normalized spacial score (nSPS) is 15.5. The Morgan fingerprint density at radius 2 is 1.15 bits per heavy atom. The molecule has 0 aliphatic heterocycles. The van der Waals surface area contributed by atoms with Crippen LogP contribution in [0, 0.1) is 0 Å². The van der Waals surface area contributed by atoms with E-state index >= 15 is 0 Å². The number of nitrogens with one attached hydrogen (secondary N) is 1. The summed E-state index contributed by atoms with van der Waals surface area (Å²) in [5, 5.41) is 24.5. The summed E-state index contributed by atoms with van der Waals surface area (Å²) in [7, 11) is 1.08. The maximum absolute atomic E-state index is 12.9. The number of amides is 1. The topological polar surface area (TPSA) is 128 Å². The molecule has 0 aliphatic carbocycles. The maximum Gasteiger partial charge on any atom is 0.268 e. The monoisotopic (exact) mass is 783 g/mol. The van der Waals surface area contributed by atoms with E-state index in [0.29, 0.717) is 30.3 Å². The number of nitrogens with zero attached hydrogens (tertiary/aromatic N) is 1. The second kappa shape index (κ2) is 35.8. The second-order valence-corrected chi connectivity index (χ2v) is 17.2. The first kappa shape index (κ1) is 52.4. The number of aliphatic hydroxyl groups is 2. The third-order valence-electron chi connectivity index (χ3n) is 9.43. The van der Waals surface area contributed by atoms with Crippen LogP contribution in [0.4, 0.5) is 0 Å². The molecule has 3 N–H and O–H groups in total. The molecule has 0 heterocycles. The zero-order valence-corrected chi connectivity index (χ0v) is 36.2. The molecular weight excluding hydrogens is 699 g/mol. The van der Waals surface area contributed by atoms with E-state index in [1.807, 2.05) is 28.1 Å². The van der Waals surface area contributed by atoms with Crippen LogP contribution in [0.1, 0.15) is 168 Å². The van der Waals surface area contributed by atoms with E-state index in [2.05, 4.69) is 60.8 Å². The van der Waals surface area contributed by atoms with Gasteiger partial charge < -0.3 is 34.0 Å². The number of likely N-dealkylation sites (N-methyl/N-ethyl adjacent to an activating group) is 1. The van der Waals surface area contributed by atoms with Gasteiger partial charge in [0, 0.05) is 6.42 Å². The van der Waals surface area contributed by atoms with Crippen molar-refractivity contribution in [3.8, 4) is 0 Å². The molecule has 0 saturated heterocycles. The molecule has 4 atom stereocenters. The first-order valence-corrected chi connectivity index (χ1v) is 23.0. The van der Waals surface area contributed by atoms with Crippen molar-refractivity contribution in [3.05, 3.63) is 48.6 Å². The van der Waals surface area contributed by atoms with Gasteiger partial charge in [0.05, 0.1) is 39.9 Å². The summed E-state index contributed by atoms with van der Waals surface area (Å²) >= 11 is 0. The summed E-state index contributed by atoms with van der Waals surface area (Å²) in [6, 6.07) is -1.10. The van der Waals surface area contributed by atoms with Crippen LogP contribution in [0.25, 0.3) is 0 Å². The van der Waals surface area contributed by atoms with Crippen LogP contribution in [0.2, 0.25) is 0 Å². The van der Waals surface area contributed by atoms with Crippen molar-refractivity contribution in [3.63, 3.8) is 0 Å². The minimum atomic E-state index is -4.68. The van der Waals surface area contributed by atoms with E-state index in [1.54, 1.807) is 0 Å². The number of carbonyl (C=O) groups excluding carboxylic acids is 1. The number of hydrogen-bond acceptors (Lipinski definition) is 7. The molecule has 54 heavy (non-hydrogen) atoms. The molecule has 0 aliphatic rings. The lowest BCUT2D eigenvalue weighted by atomic mass is 10.0. The van der Waals surface area contributed by atoms with Gasteiger partial charge in [-0.2, -0.15) is 0 Å². The molecule has 0 spiro atoms. The molecular formula is C44H83N2O7P. The highest BCUT2D eigenvalue weighted by atomic mass is 31.2. The largest absolute Gasteiger partial charge is 0.756 e. The third kappa shape index (κ3) is 36.1. The van der Waals surface area contributed by atoms with Gasteiger partial charge in [0.15, 0.2) is 0 Å². The summed E-state index contributed by atoms with van der Waals surface area (Å²) in [5.41, 5.74) is 0. The highest BCUT2D eigenvalue weighted by Gasteiger charge is 2.29. The molecule has 0 aromatic heterocycles. The fourth-order valence-electron chi connectivity index (χ4n) is 5.93. The molecule has 0 fully saturated rings. The molecule has 0 aromatic rings. The Kier molecular flexibility index (Phi) is 34.8. The predicted molar refractivity (Wildman–Crippen MR) is 225 cm³/mol. The maximum atomic E-state index is 12.9. The first-order valence-electron chi connectivity index (χ1n) is 21.5. The van der Waals surface area contributed by atoms with Gasteiger partial charge in [0.1, 0.15) is 19.3 Å². The lowest BCUT2D eigenvalue weighted by molar-refractivity contribution is -0.870. The third-order valence-corrected chi connectivity index (χ3v) is 10.4. The quantitative estimate of drug-likeness (QED) is 0.0246. The average Bonchev–Trinajstić information content (AvgIpc) is 3.12. The zero-order valence-electron chi connectivity index (χ0n) is 35.3. The Hall–Kier alpha value is -1.58. The smallest absolute Gasteiger partial charge is 0.268 e. The predicted octanol–water partition coefficient (Wildman–Crippen LogP) is 10.0. The number of quaternary nitrogens is 1. The number of allylic oxidation sites excluding steroid dienone is 8. The van der Waals surface area contributed by atoms with Gasteiger partial charge in [-0.15, -0.1) is 0 Å². The number of carbonyl (C=O) groups is 1. The molecule has 10 heteroatoms. The van der Waals surface area contributed by atoms with E-state index < -0.39 is 32.7 Å². The number of unbranched alkanes of at least 4 members (excludes halogenated alkanes) is 17. The van der Waals surface area contributed by atoms with Crippen molar-refractivity contribution in [2.45, 2.75) is 186 Å². The van der Waals surface area contributed by atoms with Gasteiger partial charge in [-0.25, -0.2) is 0 Å². The fraction of sp³-hybridized carbons (Fsp3) is 0.795. The van der Waals surface area contributed by atoms with Gasteiger partial charge in [-0.05, 0) is 84.0 Å². The first-order chi connectivity index (χ1) is 25.9. The van der Waals surface area contributed by atoms with Crippen LogP contribution in [-0.4, -0.2) is 79.8 Å². The molecule has 0 radical (unpaired) electrons. The fourth-order valence-corrected chi connectivity index (χ4v) is 6.66. The van der Waals surface area contributed by atoms with Gasteiger partial charge in [-0.1, -0.05) is 126 Å². The highest BCUT2D eigenvalue weighted by molar-refractivity contribution is 7.45. The van der Waals surface area contributed by atoms with Crippen LogP contribution in [0.3, 0.4) is 0 Å². The van der Waals surface area contributed by atoms with E-state index in [9.17, 15) is 24.5 Å². The summed E-state index contributed by atoms with van der Waals surface area (Å²) in [5.74, 6) is -0.302. The molecule has 0 rings (SSSR count). The summed E-state index contributed by atoms with van der Waals surface area (Å²) in [6.07, 6.45) is 40.2. The van der Waals surface area contributed by atoms with Crippen LogP contribution in [0.15, 0.2) is 48.6 Å².